The molecule has 4 aromatic rings. The van der Waals surface area contributed by atoms with Crippen LogP contribution in [0.25, 0.3) is 22.6 Å². The van der Waals surface area contributed by atoms with Gasteiger partial charge in [0.25, 0.3) is 5.91 Å². The minimum atomic E-state index is -0.188. The van der Waals surface area contributed by atoms with Gasteiger partial charge in [0.05, 0.1) is 10.6 Å². The molecule has 1 N–H and O–H groups in total. The molecule has 0 saturated heterocycles. The molecule has 0 aliphatic carbocycles. The molecule has 0 bridgehead atoms. The first-order valence-electron chi connectivity index (χ1n) is 7.82. The lowest BCUT2D eigenvalue weighted by Gasteiger charge is -2.04. The van der Waals surface area contributed by atoms with Gasteiger partial charge in [-0.1, -0.05) is 41.4 Å². The lowest BCUT2D eigenvalue weighted by atomic mass is 10.2. The van der Waals surface area contributed by atoms with Crippen molar-refractivity contribution in [3.8, 4) is 11.5 Å². The molecule has 0 aliphatic heterocycles. The number of nitrogens with one attached hydrogen (secondary N) is 1. The number of halogens is 2. The summed E-state index contributed by atoms with van der Waals surface area (Å²) in [4.78, 5) is 16.7. The molecule has 26 heavy (non-hydrogen) atoms. The summed E-state index contributed by atoms with van der Waals surface area (Å²) in [6.07, 6.45) is 0. The van der Waals surface area contributed by atoms with Crippen LogP contribution in [0.15, 0.2) is 71.1 Å². The average molecular weight is 383 g/mol. The maximum absolute atomic E-state index is 12.3. The van der Waals surface area contributed by atoms with Gasteiger partial charge in [0.2, 0.25) is 5.89 Å². The van der Waals surface area contributed by atoms with Gasteiger partial charge in [-0.3, -0.25) is 4.79 Å². The molecule has 0 fully saturated rings. The summed E-state index contributed by atoms with van der Waals surface area (Å²) < 4.78 is 5.77. The molecule has 1 heterocycles. The minimum Gasteiger partial charge on any atom is -0.436 e. The fourth-order valence-corrected chi connectivity index (χ4v) is 2.95. The second kappa shape index (κ2) is 6.83. The fourth-order valence-electron chi connectivity index (χ4n) is 2.57. The Bertz CT molecular complexity index is 1110. The summed E-state index contributed by atoms with van der Waals surface area (Å²) >= 11 is 12.2. The quantitative estimate of drug-likeness (QED) is 0.468. The van der Waals surface area contributed by atoms with E-state index >= 15 is 0 Å². The molecule has 6 heteroatoms. The minimum absolute atomic E-state index is 0.188. The Morgan fingerprint density at radius 3 is 2.58 bits per heavy atom. The Hall–Kier alpha value is -2.82. The molecule has 0 radical (unpaired) electrons. The van der Waals surface area contributed by atoms with E-state index in [1.165, 1.54) is 0 Å². The van der Waals surface area contributed by atoms with Gasteiger partial charge in [0.15, 0.2) is 5.58 Å². The van der Waals surface area contributed by atoms with E-state index in [-0.39, 0.29) is 5.91 Å². The number of fused-ring (bicyclic) bond motifs is 1. The van der Waals surface area contributed by atoms with Crippen LogP contribution in [0, 0.1) is 0 Å². The van der Waals surface area contributed by atoms with Crippen molar-refractivity contribution in [2.24, 2.45) is 0 Å². The van der Waals surface area contributed by atoms with Crippen LogP contribution in [0.3, 0.4) is 0 Å². The molecule has 4 nitrogen and oxygen atoms in total. The van der Waals surface area contributed by atoms with E-state index in [2.05, 4.69) is 10.3 Å². The highest BCUT2D eigenvalue weighted by Gasteiger charge is 2.13. The lowest BCUT2D eigenvalue weighted by molar-refractivity contribution is 0.102. The third-order valence-electron chi connectivity index (χ3n) is 3.84. The molecule has 0 saturated carbocycles. The van der Waals surface area contributed by atoms with Gasteiger partial charge in [-0.2, -0.15) is 0 Å². The van der Waals surface area contributed by atoms with E-state index in [0.717, 1.165) is 0 Å². The van der Waals surface area contributed by atoms with Gasteiger partial charge in [0.1, 0.15) is 5.52 Å². The number of nitrogens with zero attached hydrogens (tertiary/aromatic N) is 1. The van der Waals surface area contributed by atoms with Gasteiger partial charge in [-0.05, 0) is 48.5 Å². The smallest absolute Gasteiger partial charge is 0.255 e. The van der Waals surface area contributed by atoms with Crippen molar-refractivity contribution in [2.45, 2.75) is 0 Å². The average Bonchev–Trinajstić information content (AvgIpc) is 3.07. The predicted octanol–water partition coefficient (Wildman–Crippen LogP) is 6.05. The second-order valence-electron chi connectivity index (χ2n) is 5.65. The lowest BCUT2D eigenvalue weighted by Crippen LogP contribution is -2.11. The number of aromatic nitrogens is 1. The summed E-state index contributed by atoms with van der Waals surface area (Å²) in [6.45, 7) is 0. The van der Waals surface area contributed by atoms with Gasteiger partial charge >= 0.3 is 0 Å². The van der Waals surface area contributed by atoms with Crippen molar-refractivity contribution >= 4 is 45.9 Å². The highest BCUT2D eigenvalue weighted by Crippen LogP contribution is 2.32. The van der Waals surface area contributed by atoms with E-state index in [1.54, 1.807) is 48.5 Å². The molecule has 1 aromatic heterocycles. The highest BCUT2D eigenvalue weighted by molar-refractivity contribution is 6.35. The van der Waals surface area contributed by atoms with Crippen LogP contribution in [-0.2, 0) is 0 Å². The van der Waals surface area contributed by atoms with Gasteiger partial charge in [0, 0.05) is 16.3 Å². The molecule has 0 aliphatic rings. The third-order valence-corrected chi connectivity index (χ3v) is 4.40. The summed E-state index contributed by atoms with van der Waals surface area (Å²) in [5.41, 5.74) is 3.03. The van der Waals surface area contributed by atoms with Crippen LogP contribution in [-0.4, -0.2) is 10.9 Å². The molecule has 1 amide bonds. The van der Waals surface area contributed by atoms with E-state index in [0.29, 0.717) is 43.9 Å². The number of carbonyl (C=O) groups excluding carboxylic acids is 1. The second-order valence-corrected chi connectivity index (χ2v) is 6.49. The van der Waals surface area contributed by atoms with Crippen molar-refractivity contribution in [1.82, 2.24) is 4.98 Å². The maximum Gasteiger partial charge on any atom is 0.255 e. The third kappa shape index (κ3) is 3.29. The van der Waals surface area contributed by atoms with Crippen molar-refractivity contribution in [3.63, 3.8) is 0 Å². The molecule has 128 valence electrons. The standard InChI is InChI=1S/C20H12Cl2N2O2/c21-13-6-8-16(22)15(10-13)20-24-17-11-14(7-9-18(17)26-20)23-19(25)12-4-2-1-3-5-12/h1-11H,(H,23,25). The van der Waals surface area contributed by atoms with E-state index < -0.39 is 0 Å². The molecule has 0 unspecified atom stereocenters. The molecular weight excluding hydrogens is 371 g/mol. The van der Waals surface area contributed by atoms with Crippen LogP contribution < -0.4 is 5.32 Å². The van der Waals surface area contributed by atoms with E-state index in [4.69, 9.17) is 27.6 Å². The first-order chi connectivity index (χ1) is 12.6. The summed E-state index contributed by atoms with van der Waals surface area (Å²) in [6, 6.07) is 19.4. The zero-order chi connectivity index (χ0) is 18.1. The van der Waals surface area contributed by atoms with Crippen molar-refractivity contribution in [3.05, 3.63) is 82.3 Å². The number of amides is 1. The van der Waals surface area contributed by atoms with Crippen LogP contribution in [0.5, 0.6) is 0 Å². The molecule has 4 rings (SSSR count). The zero-order valence-electron chi connectivity index (χ0n) is 13.4. The SMILES string of the molecule is O=C(Nc1ccc2oc(-c3cc(Cl)ccc3Cl)nc2c1)c1ccccc1. The Balaban J connectivity index is 1.66. The number of carbonyl (C=O) groups is 1. The van der Waals surface area contributed by atoms with Gasteiger partial charge < -0.3 is 9.73 Å². The Labute approximate surface area is 159 Å². The first kappa shape index (κ1) is 16.6. The van der Waals surface area contributed by atoms with Gasteiger partial charge in [-0.25, -0.2) is 4.98 Å². The Morgan fingerprint density at radius 2 is 1.77 bits per heavy atom. The first-order valence-corrected chi connectivity index (χ1v) is 8.58. The monoisotopic (exact) mass is 382 g/mol. The Morgan fingerprint density at radius 1 is 0.962 bits per heavy atom. The van der Waals surface area contributed by atoms with Crippen LogP contribution >= 0.6 is 23.2 Å². The zero-order valence-corrected chi connectivity index (χ0v) is 14.9. The van der Waals surface area contributed by atoms with E-state index in [9.17, 15) is 4.79 Å². The molecular formula is C20H12Cl2N2O2. The van der Waals surface area contributed by atoms with Crippen LogP contribution in [0.1, 0.15) is 10.4 Å². The Kier molecular flexibility index (Phi) is 4.37. The molecule has 3 aromatic carbocycles. The topological polar surface area (TPSA) is 55.1 Å². The number of benzene rings is 3. The maximum atomic E-state index is 12.3. The molecule has 0 atom stereocenters. The summed E-state index contributed by atoms with van der Waals surface area (Å²) in [5, 5.41) is 3.89. The van der Waals surface area contributed by atoms with Crippen molar-refractivity contribution in [2.75, 3.05) is 5.32 Å². The largest absolute Gasteiger partial charge is 0.436 e. The number of rotatable bonds is 3. The van der Waals surface area contributed by atoms with Crippen molar-refractivity contribution < 1.29 is 9.21 Å². The number of hydrogen-bond donors (Lipinski definition) is 1. The van der Waals surface area contributed by atoms with Crippen molar-refractivity contribution in [1.29, 1.82) is 0 Å². The summed E-state index contributed by atoms with van der Waals surface area (Å²) in [5.74, 6) is 0.186. The number of anilines is 1. The van der Waals surface area contributed by atoms with E-state index in [1.807, 2.05) is 18.2 Å². The number of hydrogen-bond acceptors (Lipinski definition) is 3. The summed E-state index contributed by atoms with van der Waals surface area (Å²) in [7, 11) is 0. The highest BCUT2D eigenvalue weighted by atomic mass is 35.5. The normalized spacial score (nSPS) is 10.8. The fraction of sp³-hybridized carbons (Fsp3) is 0. The molecule has 0 spiro atoms. The van der Waals surface area contributed by atoms with Crippen LogP contribution in [0.2, 0.25) is 10.0 Å². The van der Waals surface area contributed by atoms with Gasteiger partial charge in [-0.15, -0.1) is 0 Å². The predicted molar refractivity (Wildman–Crippen MR) is 104 cm³/mol. The number of oxazole rings is 1. The van der Waals surface area contributed by atoms with Crippen LogP contribution in [0.4, 0.5) is 5.69 Å².